The molecule has 0 spiro atoms. The third-order valence-corrected chi connectivity index (χ3v) is 11.7. The van der Waals surface area contributed by atoms with Crippen LogP contribution in [-0.2, 0) is 6.42 Å². The molecule has 2 aromatic rings. The van der Waals surface area contributed by atoms with Gasteiger partial charge in [-0.15, -0.1) is 12.8 Å². The van der Waals surface area contributed by atoms with Crippen molar-refractivity contribution in [3.8, 4) is 12.8 Å². The third kappa shape index (κ3) is 35.3. The first-order valence-corrected chi connectivity index (χ1v) is 23.5. The van der Waals surface area contributed by atoms with Crippen LogP contribution in [0.1, 0.15) is 182 Å². The molecule has 0 radical (unpaired) electrons. The lowest BCUT2D eigenvalue weighted by Gasteiger charge is -2.32. The molecule has 1 saturated carbocycles. The summed E-state index contributed by atoms with van der Waals surface area (Å²) in [4.78, 5) is 0. The fraction of sp³-hybridized carbons (Fsp3) is 0.731. The number of nitrogens with one attached hydrogen (secondary N) is 2. The lowest BCUT2D eigenvalue weighted by molar-refractivity contribution is 0.197. The van der Waals surface area contributed by atoms with Crippen LogP contribution in [0.25, 0.3) is 0 Å². The predicted octanol–water partition coefficient (Wildman–Crippen LogP) is 14.1. The maximum atomic E-state index is 5.36. The van der Waals surface area contributed by atoms with Crippen molar-refractivity contribution in [3.05, 3.63) is 66.2 Å². The molecule has 5 nitrogen and oxygen atoms in total. The van der Waals surface area contributed by atoms with Crippen LogP contribution >= 0.6 is 0 Å². The topological polar surface area (TPSA) is 111 Å². The number of nitrogens with two attached hydrogens (primary N) is 2. The van der Waals surface area contributed by atoms with E-state index in [9.17, 15) is 0 Å². The second-order valence-corrected chi connectivity index (χ2v) is 16.6. The van der Waals surface area contributed by atoms with Gasteiger partial charge in [0.1, 0.15) is 0 Å². The normalized spacial score (nSPS) is 16.7. The highest BCUT2D eigenvalue weighted by molar-refractivity contribution is 5.35. The Morgan fingerprint density at radius 2 is 1.25 bits per heavy atom. The number of hydrogen-bond acceptors (Lipinski definition) is 5. The molecule has 1 fully saturated rings. The second kappa shape index (κ2) is 44.7. The Hall–Kier alpha value is -2.36. The Labute approximate surface area is 357 Å². The number of aryl methyl sites for hydroxylation is 1. The van der Waals surface area contributed by atoms with Gasteiger partial charge in [-0.1, -0.05) is 187 Å². The third-order valence-electron chi connectivity index (χ3n) is 11.7. The van der Waals surface area contributed by atoms with E-state index in [-0.39, 0.29) is 6.15 Å². The molecule has 57 heavy (non-hydrogen) atoms. The van der Waals surface area contributed by atoms with Gasteiger partial charge < -0.3 is 28.3 Å². The summed E-state index contributed by atoms with van der Waals surface area (Å²) in [5.74, 6) is 4.69. The molecule has 1 aliphatic carbocycles. The fourth-order valence-corrected chi connectivity index (χ4v) is 8.24. The molecule has 2 aromatic carbocycles. The number of anilines is 1. The van der Waals surface area contributed by atoms with Gasteiger partial charge in [-0.3, -0.25) is 0 Å². The number of rotatable bonds is 24. The minimum atomic E-state index is 0. The summed E-state index contributed by atoms with van der Waals surface area (Å²) in [6.07, 6.45) is 37.6. The van der Waals surface area contributed by atoms with Crippen LogP contribution in [0.2, 0.25) is 0 Å². The van der Waals surface area contributed by atoms with Crippen molar-refractivity contribution in [1.82, 2.24) is 16.8 Å². The van der Waals surface area contributed by atoms with Crippen molar-refractivity contribution in [3.63, 3.8) is 0 Å². The van der Waals surface area contributed by atoms with Gasteiger partial charge in [0.2, 0.25) is 0 Å². The molecule has 3 unspecified atom stereocenters. The summed E-state index contributed by atoms with van der Waals surface area (Å²) < 4.78 is 0. The molecule has 5 heteroatoms. The molecular weight excluding hydrogens is 695 g/mol. The molecule has 0 amide bonds. The zero-order valence-electron chi connectivity index (χ0n) is 39.2. The average molecular weight is 794 g/mol. The monoisotopic (exact) mass is 794 g/mol. The molecule has 3 rings (SSSR count). The molecule has 0 aromatic heterocycles. The Balaban J connectivity index is -0.00000112. The fourth-order valence-electron chi connectivity index (χ4n) is 8.24. The van der Waals surface area contributed by atoms with E-state index in [1.54, 1.807) is 0 Å². The highest BCUT2D eigenvalue weighted by Crippen LogP contribution is 2.40. The molecule has 6 atom stereocenters. The van der Waals surface area contributed by atoms with Crippen molar-refractivity contribution in [1.29, 1.82) is 0 Å². The molecule has 0 heterocycles. The smallest absolute Gasteiger partial charge is 0.0313 e. The molecule has 1 aliphatic rings. The van der Waals surface area contributed by atoms with Crippen LogP contribution < -0.4 is 28.3 Å². The quantitative estimate of drug-likeness (QED) is 0.0315. The summed E-state index contributed by atoms with van der Waals surface area (Å²) in [5.41, 5.74) is 12.4. The van der Waals surface area contributed by atoms with E-state index >= 15 is 0 Å². The van der Waals surface area contributed by atoms with E-state index in [0.717, 1.165) is 54.3 Å². The van der Waals surface area contributed by atoms with Gasteiger partial charge in [0.25, 0.3) is 0 Å². The summed E-state index contributed by atoms with van der Waals surface area (Å²) in [6, 6.07) is 20.7. The van der Waals surface area contributed by atoms with Crippen molar-refractivity contribution in [2.45, 2.75) is 189 Å². The number of nitrogen functional groups attached to an aromatic ring is 1. The average Bonchev–Trinajstić information content (AvgIpc) is 3.49. The lowest BCUT2D eigenvalue weighted by Crippen LogP contribution is -2.33. The summed E-state index contributed by atoms with van der Waals surface area (Å²) in [7, 11) is 2.09. The molecule has 0 saturated heterocycles. The summed E-state index contributed by atoms with van der Waals surface area (Å²) >= 11 is 0. The summed E-state index contributed by atoms with van der Waals surface area (Å²) in [6.45, 7) is 19.5. The van der Waals surface area contributed by atoms with Gasteiger partial charge in [-0.25, -0.2) is 0 Å². The first-order valence-electron chi connectivity index (χ1n) is 23.5. The van der Waals surface area contributed by atoms with Gasteiger partial charge in [0, 0.05) is 11.7 Å². The highest BCUT2D eigenvalue weighted by Gasteiger charge is 2.29. The Bertz CT molecular complexity index is 1040. The van der Waals surface area contributed by atoms with E-state index in [4.69, 9.17) is 11.5 Å². The van der Waals surface area contributed by atoms with E-state index in [2.05, 4.69) is 96.3 Å². The molecule has 0 aliphatic heterocycles. The Kier molecular flexibility index (Phi) is 46.3. The maximum absolute atomic E-state index is 5.36. The van der Waals surface area contributed by atoms with Gasteiger partial charge >= 0.3 is 0 Å². The number of benzene rings is 2. The van der Waals surface area contributed by atoms with Crippen molar-refractivity contribution in [2.75, 3.05) is 32.4 Å². The minimum absolute atomic E-state index is 0. The predicted molar refractivity (Wildman–Crippen MR) is 260 cm³/mol. The molecule has 332 valence electrons. The van der Waals surface area contributed by atoms with Crippen molar-refractivity contribution < 1.29 is 0 Å². The number of hydrogen-bond donors (Lipinski definition) is 5. The standard InChI is InChI=1S/C34H70N2.C8H10.C6H7N.C2H7N.C2H2.H3N/c1-7-10-12-13-17-26-36-34(27-29(4)19-11-8-2)24-23-31(9-3)33-22-15-14-21-32(28-33)30(5)20-16-18-25-35-6;1-2-8-6-4-3-5-7-8;7-6-4-2-1-3-5-6;1-2-3;1-2;/h29-36H,7-28H2,1-6H3;3-7H,2H2,1H3;1-5H,7H2;2-3H2,1H3;1-2H;1H3/t29?,30-,31?,32+,33-,34?;;;;;/m1...../s1. The lowest BCUT2D eigenvalue weighted by atomic mass is 9.75. The minimum Gasteiger partial charge on any atom is -0.399 e. The van der Waals surface area contributed by atoms with Gasteiger partial charge in [-0.2, -0.15) is 0 Å². The van der Waals surface area contributed by atoms with Crippen LogP contribution in [0.15, 0.2) is 60.7 Å². The van der Waals surface area contributed by atoms with Crippen LogP contribution in [0.4, 0.5) is 5.69 Å². The first kappa shape index (κ1) is 59.0. The zero-order valence-corrected chi connectivity index (χ0v) is 39.2. The molecule has 9 N–H and O–H groups in total. The van der Waals surface area contributed by atoms with Crippen molar-refractivity contribution in [2.24, 2.45) is 35.3 Å². The number of unbranched alkanes of at least 4 members (excludes halogenated alkanes) is 6. The van der Waals surface area contributed by atoms with Gasteiger partial charge in [0.05, 0.1) is 0 Å². The maximum Gasteiger partial charge on any atom is 0.0313 e. The van der Waals surface area contributed by atoms with Crippen LogP contribution in [-0.4, -0.2) is 32.7 Å². The van der Waals surface area contributed by atoms with E-state index in [1.807, 2.05) is 43.3 Å². The van der Waals surface area contributed by atoms with Crippen LogP contribution in [0.5, 0.6) is 0 Å². The second-order valence-electron chi connectivity index (χ2n) is 16.6. The Morgan fingerprint density at radius 3 is 1.75 bits per heavy atom. The van der Waals surface area contributed by atoms with Crippen molar-refractivity contribution >= 4 is 5.69 Å². The molecular formula is C52H99N5. The molecule has 0 bridgehead atoms. The summed E-state index contributed by atoms with van der Waals surface area (Å²) in [5, 5.41) is 7.38. The highest BCUT2D eigenvalue weighted by atomic mass is 14.9. The Morgan fingerprint density at radius 1 is 0.684 bits per heavy atom. The van der Waals surface area contributed by atoms with E-state index in [1.165, 1.54) is 147 Å². The van der Waals surface area contributed by atoms with Gasteiger partial charge in [0.15, 0.2) is 0 Å². The van der Waals surface area contributed by atoms with Crippen LogP contribution in [0, 0.1) is 42.4 Å². The van der Waals surface area contributed by atoms with Gasteiger partial charge in [-0.05, 0) is 119 Å². The van der Waals surface area contributed by atoms with Crippen LogP contribution in [0.3, 0.4) is 0 Å². The SMILES string of the molecule is C#C.CCCCCCCNC(CCC(CC)[C@@H]1CCCC[C@H]([C@H](C)CCCCNC)C1)CC(C)CCCC.CCN.CCc1ccccc1.N.Nc1ccccc1. The van der Waals surface area contributed by atoms with E-state index in [0.29, 0.717) is 0 Å². The zero-order chi connectivity index (χ0) is 42.1. The largest absolute Gasteiger partial charge is 0.399 e. The van der Waals surface area contributed by atoms with E-state index < -0.39 is 0 Å². The first-order chi connectivity index (χ1) is 27.3. The number of terminal acetylenes is 1. The number of para-hydroxylation sites is 1.